The van der Waals surface area contributed by atoms with Crippen molar-refractivity contribution in [3.8, 4) is 0 Å². The second-order valence-corrected chi connectivity index (χ2v) is 8.82. The molecule has 28 heavy (non-hydrogen) atoms. The average Bonchev–Trinajstić information content (AvgIpc) is 3.27. The van der Waals surface area contributed by atoms with Crippen molar-refractivity contribution in [2.75, 3.05) is 26.2 Å². The summed E-state index contributed by atoms with van der Waals surface area (Å²) in [6, 6.07) is 7.96. The molecule has 2 saturated heterocycles. The zero-order valence-corrected chi connectivity index (χ0v) is 18.1. The van der Waals surface area contributed by atoms with Crippen LogP contribution >= 0.6 is 24.2 Å². The number of hydrogen-bond acceptors (Lipinski definition) is 5. The van der Waals surface area contributed by atoms with Crippen molar-refractivity contribution in [3.05, 3.63) is 46.8 Å². The van der Waals surface area contributed by atoms with Crippen molar-refractivity contribution in [1.82, 2.24) is 15.4 Å². The summed E-state index contributed by atoms with van der Waals surface area (Å²) in [6.45, 7) is 7.86. The number of amides is 1. The van der Waals surface area contributed by atoms with Crippen molar-refractivity contribution in [1.29, 1.82) is 0 Å². The average molecular weight is 422 g/mol. The van der Waals surface area contributed by atoms with Crippen LogP contribution < -0.4 is 5.32 Å². The lowest BCUT2D eigenvalue weighted by molar-refractivity contribution is 0.0604. The molecule has 1 aromatic heterocycles. The Labute approximate surface area is 177 Å². The van der Waals surface area contributed by atoms with E-state index in [1.807, 2.05) is 43.0 Å². The monoisotopic (exact) mass is 421 g/mol. The van der Waals surface area contributed by atoms with Gasteiger partial charge in [-0.2, -0.15) is 0 Å². The molecule has 0 bridgehead atoms. The van der Waals surface area contributed by atoms with Gasteiger partial charge in [0.25, 0.3) is 5.91 Å². The van der Waals surface area contributed by atoms with Crippen LogP contribution in [0.1, 0.15) is 46.6 Å². The Morgan fingerprint density at radius 3 is 2.64 bits per heavy atom. The van der Waals surface area contributed by atoms with Crippen LogP contribution in [0, 0.1) is 19.3 Å². The lowest BCUT2D eigenvalue weighted by atomic mass is 9.78. The number of carbonyl (C=O) groups excluding carboxylic acids is 1. The molecule has 152 valence electrons. The highest BCUT2D eigenvalue weighted by atomic mass is 35.5. The second kappa shape index (κ2) is 8.89. The number of benzene rings is 1. The van der Waals surface area contributed by atoms with Crippen LogP contribution in [-0.4, -0.2) is 42.1 Å². The highest BCUT2D eigenvalue weighted by Gasteiger charge is 2.38. The van der Waals surface area contributed by atoms with Crippen molar-refractivity contribution < 1.29 is 9.32 Å². The molecule has 3 heterocycles. The Kier molecular flexibility index (Phi) is 6.73. The maximum Gasteiger partial charge on any atom is 0.254 e. The molecule has 0 saturated carbocycles. The molecule has 0 atom stereocenters. The number of thioether (sulfide) groups is 1. The first-order valence-corrected chi connectivity index (χ1v) is 10.7. The third-order valence-electron chi connectivity index (χ3n) is 6.11. The van der Waals surface area contributed by atoms with E-state index in [0.717, 1.165) is 72.3 Å². The van der Waals surface area contributed by atoms with E-state index in [1.54, 1.807) is 11.8 Å². The molecule has 7 heteroatoms. The number of halogens is 1. The zero-order valence-electron chi connectivity index (χ0n) is 16.5. The zero-order chi connectivity index (χ0) is 18.9. The topological polar surface area (TPSA) is 58.4 Å². The predicted molar refractivity (Wildman–Crippen MR) is 114 cm³/mol. The predicted octanol–water partition coefficient (Wildman–Crippen LogP) is 4.22. The van der Waals surface area contributed by atoms with E-state index in [1.165, 1.54) is 6.42 Å². The van der Waals surface area contributed by atoms with Crippen LogP contribution in [0.3, 0.4) is 0 Å². The van der Waals surface area contributed by atoms with Crippen LogP contribution in [0.15, 0.2) is 33.7 Å². The molecule has 1 spiro atoms. The minimum atomic E-state index is 0. The SMILES string of the molecule is Cc1noc(C)c1CSc1ccccc1C(=O)N1CCC2(CCNC2)CC1.Cl. The summed E-state index contributed by atoms with van der Waals surface area (Å²) in [4.78, 5) is 16.3. The number of carbonyl (C=O) groups is 1. The van der Waals surface area contributed by atoms with Crippen molar-refractivity contribution in [2.45, 2.75) is 43.8 Å². The fourth-order valence-electron chi connectivity index (χ4n) is 4.20. The van der Waals surface area contributed by atoms with Crippen molar-refractivity contribution in [2.24, 2.45) is 5.41 Å². The van der Waals surface area contributed by atoms with Crippen LogP contribution in [0.25, 0.3) is 0 Å². The summed E-state index contributed by atoms with van der Waals surface area (Å²) in [7, 11) is 0. The highest BCUT2D eigenvalue weighted by Crippen LogP contribution is 2.38. The summed E-state index contributed by atoms with van der Waals surface area (Å²) >= 11 is 1.69. The van der Waals surface area contributed by atoms with E-state index >= 15 is 0 Å². The number of rotatable bonds is 4. The molecule has 0 unspecified atom stereocenters. The van der Waals surface area contributed by atoms with Gasteiger partial charge in [-0.3, -0.25) is 4.79 Å². The molecule has 2 aromatic rings. The second-order valence-electron chi connectivity index (χ2n) is 7.81. The van der Waals surface area contributed by atoms with Gasteiger partial charge in [-0.15, -0.1) is 24.2 Å². The Balaban J connectivity index is 0.00000225. The Morgan fingerprint density at radius 1 is 1.25 bits per heavy atom. The summed E-state index contributed by atoms with van der Waals surface area (Å²) in [5, 5.41) is 7.51. The number of piperidine rings is 1. The summed E-state index contributed by atoms with van der Waals surface area (Å²) in [5.74, 6) is 1.79. The van der Waals surface area contributed by atoms with E-state index in [9.17, 15) is 4.79 Å². The van der Waals surface area contributed by atoms with Gasteiger partial charge < -0.3 is 14.7 Å². The Morgan fingerprint density at radius 2 is 2.00 bits per heavy atom. The minimum absolute atomic E-state index is 0. The summed E-state index contributed by atoms with van der Waals surface area (Å²) in [5.41, 5.74) is 3.29. The van der Waals surface area contributed by atoms with Gasteiger partial charge in [0.15, 0.2) is 0 Å². The first-order valence-electron chi connectivity index (χ1n) is 9.72. The van der Waals surface area contributed by atoms with Crippen LogP contribution in [0.4, 0.5) is 0 Å². The molecule has 2 aliphatic rings. The molecule has 1 N–H and O–H groups in total. The fraction of sp³-hybridized carbons (Fsp3) is 0.524. The fourth-order valence-corrected chi connectivity index (χ4v) is 5.40. The van der Waals surface area contributed by atoms with E-state index < -0.39 is 0 Å². The van der Waals surface area contributed by atoms with Crippen LogP contribution in [-0.2, 0) is 5.75 Å². The molecule has 1 amide bonds. The number of likely N-dealkylation sites (tertiary alicyclic amines) is 1. The molecule has 2 aliphatic heterocycles. The van der Waals surface area contributed by atoms with Gasteiger partial charge in [0.05, 0.1) is 11.3 Å². The van der Waals surface area contributed by atoms with Gasteiger partial charge in [0.1, 0.15) is 5.76 Å². The van der Waals surface area contributed by atoms with Gasteiger partial charge >= 0.3 is 0 Å². The van der Waals surface area contributed by atoms with Gasteiger partial charge in [-0.25, -0.2) is 0 Å². The molecule has 1 aromatic carbocycles. The standard InChI is InChI=1S/C21H27N3O2S.ClH/c1-15-18(16(2)26-23-15)13-27-19-6-4-3-5-17(19)20(25)24-11-8-21(9-12-24)7-10-22-14-21;/h3-6,22H,7-14H2,1-2H3;1H. The first-order chi connectivity index (χ1) is 13.1. The van der Waals surface area contributed by atoms with E-state index in [-0.39, 0.29) is 18.3 Å². The maximum absolute atomic E-state index is 13.2. The van der Waals surface area contributed by atoms with Crippen LogP contribution in [0.2, 0.25) is 0 Å². The van der Waals surface area contributed by atoms with Gasteiger partial charge in [-0.1, -0.05) is 17.3 Å². The van der Waals surface area contributed by atoms with Crippen LogP contribution in [0.5, 0.6) is 0 Å². The molecule has 0 radical (unpaired) electrons. The number of aryl methyl sites for hydroxylation is 2. The van der Waals surface area contributed by atoms with Crippen molar-refractivity contribution >= 4 is 30.1 Å². The Bertz CT molecular complexity index is 803. The van der Waals surface area contributed by atoms with E-state index in [2.05, 4.69) is 10.5 Å². The number of aromatic nitrogens is 1. The van der Waals surface area contributed by atoms with Gasteiger partial charge in [0, 0.05) is 35.8 Å². The summed E-state index contributed by atoms with van der Waals surface area (Å²) < 4.78 is 5.26. The molecule has 5 nitrogen and oxygen atoms in total. The van der Waals surface area contributed by atoms with E-state index in [0.29, 0.717) is 5.41 Å². The quantitative estimate of drug-likeness (QED) is 0.749. The maximum atomic E-state index is 13.2. The molecule has 2 fully saturated rings. The number of hydrogen-bond donors (Lipinski definition) is 1. The summed E-state index contributed by atoms with van der Waals surface area (Å²) in [6.07, 6.45) is 3.47. The third kappa shape index (κ3) is 4.24. The molecule has 4 rings (SSSR count). The number of nitrogens with one attached hydrogen (secondary N) is 1. The third-order valence-corrected chi connectivity index (χ3v) is 7.21. The largest absolute Gasteiger partial charge is 0.361 e. The molecule has 0 aliphatic carbocycles. The lowest BCUT2D eigenvalue weighted by Crippen LogP contribution is -2.44. The minimum Gasteiger partial charge on any atom is -0.361 e. The van der Waals surface area contributed by atoms with Crippen molar-refractivity contribution in [3.63, 3.8) is 0 Å². The smallest absolute Gasteiger partial charge is 0.254 e. The Hall–Kier alpha value is -1.50. The normalized spacial score (nSPS) is 18.3. The lowest BCUT2D eigenvalue weighted by Gasteiger charge is -2.39. The highest BCUT2D eigenvalue weighted by molar-refractivity contribution is 7.98. The van der Waals surface area contributed by atoms with E-state index in [4.69, 9.17) is 4.52 Å². The molecular weight excluding hydrogens is 394 g/mol. The van der Waals surface area contributed by atoms with Gasteiger partial charge in [0.2, 0.25) is 0 Å². The first kappa shape index (κ1) is 21.2. The number of nitrogens with zero attached hydrogens (tertiary/aromatic N) is 2. The molecular formula is C21H28ClN3O2S. The van der Waals surface area contributed by atoms with Gasteiger partial charge in [-0.05, 0) is 57.2 Å².